The van der Waals surface area contributed by atoms with E-state index in [9.17, 15) is 8.42 Å². The second-order valence-electron chi connectivity index (χ2n) is 5.17. The van der Waals surface area contributed by atoms with Crippen molar-refractivity contribution in [3.8, 4) is 0 Å². The van der Waals surface area contributed by atoms with E-state index in [2.05, 4.69) is 13.8 Å². The summed E-state index contributed by atoms with van der Waals surface area (Å²) in [5.41, 5.74) is 0. The van der Waals surface area contributed by atoms with E-state index < -0.39 is 15.3 Å². The molecule has 1 saturated heterocycles. The number of aliphatic hydroxyl groups is 1. The molecule has 5 heteroatoms. The van der Waals surface area contributed by atoms with Crippen molar-refractivity contribution in [3.05, 3.63) is 0 Å². The minimum Gasteiger partial charge on any atom is -0.395 e. The number of piperidine rings is 1. The topological polar surface area (TPSA) is 57.6 Å². The van der Waals surface area contributed by atoms with Gasteiger partial charge in [-0.05, 0) is 32.1 Å². The van der Waals surface area contributed by atoms with Crippen molar-refractivity contribution in [1.82, 2.24) is 4.31 Å². The smallest absolute Gasteiger partial charge is 0.219 e. The van der Waals surface area contributed by atoms with Crippen LogP contribution in [0.2, 0.25) is 0 Å². The quantitative estimate of drug-likeness (QED) is 0.814. The van der Waals surface area contributed by atoms with Gasteiger partial charge in [-0.25, -0.2) is 8.42 Å². The minimum atomic E-state index is -3.34. The van der Waals surface area contributed by atoms with Gasteiger partial charge in [-0.2, -0.15) is 4.31 Å². The minimum absolute atomic E-state index is 0.0372. The fraction of sp³-hybridized carbons (Fsp3) is 1.00. The van der Waals surface area contributed by atoms with E-state index in [4.69, 9.17) is 5.11 Å². The molecule has 1 heterocycles. The Balaban J connectivity index is 2.93. The van der Waals surface area contributed by atoms with Crippen molar-refractivity contribution in [3.63, 3.8) is 0 Å². The maximum atomic E-state index is 12.2. The molecular weight excluding hydrogens is 226 g/mol. The van der Waals surface area contributed by atoms with Crippen molar-refractivity contribution in [1.29, 1.82) is 0 Å². The van der Waals surface area contributed by atoms with Gasteiger partial charge < -0.3 is 5.11 Å². The highest BCUT2D eigenvalue weighted by molar-refractivity contribution is 7.89. The molecule has 1 rings (SSSR count). The number of nitrogens with zero attached hydrogens (tertiary/aromatic N) is 1. The van der Waals surface area contributed by atoms with E-state index in [0.717, 1.165) is 6.42 Å². The first kappa shape index (κ1) is 13.9. The largest absolute Gasteiger partial charge is 0.395 e. The summed E-state index contributed by atoms with van der Waals surface area (Å²) >= 11 is 0. The number of hydrogen-bond acceptors (Lipinski definition) is 3. The fourth-order valence-corrected chi connectivity index (χ4v) is 4.11. The van der Waals surface area contributed by atoms with Crippen molar-refractivity contribution in [2.45, 2.75) is 45.4 Å². The summed E-state index contributed by atoms with van der Waals surface area (Å²) in [6.45, 7) is 7.96. The molecule has 96 valence electrons. The van der Waals surface area contributed by atoms with Gasteiger partial charge in [0.25, 0.3) is 0 Å². The third kappa shape index (κ3) is 2.57. The lowest BCUT2D eigenvalue weighted by atomic mass is 9.88. The molecular formula is C11H23NO3S. The Labute approximate surface area is 98.7 Å². The summed E-state index contributed by atoms with van der Waals surface area (Å²) in [6.07, 6.45) is 1.07. The monoisotopic (exact) mass is 249 g/mol. The first-order chi connectivity index (χ1) is 7.30. The molecule has 0 amide bonds. The zero-order valence-electron chi connectivity index (χ0n) is 10.5. The lowest BCUT2D eigenvalue weighted by Gasteiger charge is -2.41. The maximum Gasteiger partial charge on any atom is 0.219 e. The molecule has 1 fully saturated rings. The van der Waals surface area contributed by atoms with Gasteiger partial charge in [-0.15, -0.1) is 0 Å². The van der Waals surface area contributed by atoms with Gasteiger partial charge in [0.15, 0.2) is 0 Å². The Bertz CT molecular complexity index is 328. The molecule has 4 nitrogen and oxygen atoms in total. The molecule has 0 aromatic heterocycles. The summed E-state index contributed by atoms with van der Waals surface area (Å²) in [7, 11) is -3.34. The number of rotatable bonds is 3. The molecule has 0 radical (unpaired) electrons. The molecule has 0 aromatic rings. The molecule has 0 aromatic carbocycles. The molecule has 0 spiro atoms. The summed E-state index contributed by atoms with van der Waals surface area (Å²) in [6, 6.07) is 0.0372. The Morgan fingerprint density at radius 2 is 1.94 bits per heavy atom. The average Bonchev–Trinajstić information content (AvgIpc) is 2.21. The van der Waals surface area contributed by atoms with Gasteiger partial charge in [-0.1, -0.05) is 13.8 Å². The van der Waals surface area contributed by atoms with Gasteiger partial charge in [0, 0.05) is 12.6 Å². The summed E-state index contributed by atoms with van der Waals surface area (Å²) in [5, 5.41) is 8.31. The van der Waals surface area contributed by atoms with E-state index >= 15 is 0 Å². The molecule has 1 aliphatic rings. The lowest BCUT2D eigenvalue weighted by Crippen LogP contribution is -2.51. The molecule has 0 aliphatic carbocycles. The van der Waals surface area contributed by atoms with Gasteiger partial charge in [0.05, 0.1) is 11.9 Å². The van der Waals surface area contributed by atoms with Crippen LogP contribution in [-0.4, -0.2) is 42.3 Å². The fourth-order valence-electron chi connectivity index (χ4n) is 2.32. The maximum absolute atomic E-state index is 12.2. The van der Waals surface area contributed by atoms with Crippen molar-refractivity contribution >= 4 is 10.0 Å². The van der Waals surface area contributed by atoms with E-state index in [1.165, 1.54) is 0 Å². The normalized spacial score (nSPS) is 34.9. The van der Waals surface area contributed by atoms with Gasteiger partial charge in [0.1, 0.15) is 0 Å². The van der Waals surface area contributed by atoms with Gasteiger partial charge in [0.2, 0.25) is 10.0 Å². The number of hydrogen-bond donors (Lipinski definition) is 1. The van der Waals surface area contributed by atoms with Crippen LogP contribution in [0, 0.1) is 11.8 Å². The highest BCUT2D eigenvalue weighted by Gasteiger charge is 2.38. The van der Waals surface area contributed by atoms with Gasteiger partial charge >= 0.3 is 0 Å². The van der Waals surface area contributed by atoms with Crippen LogP contribution in [0.15, 0.2) is 0 Å². The van der Waals surface area contributed by atoms with Crippen LogP contribution in [0.5, 0.6) is 0 Å². The van der Waals surface area contributed by atoms with Gasteiger partial charge in [-0.3, -0.25) is 0 Å². The number of aliphatic hydroxyl groups excluding tert-OH is 1. The third-order valence-electron chi connectivity index (χ3n) is 3.64. The second-order valence-corrected chi connectivity index (χ2v) is 7.47. The van der Waals surface area contributed by atoms with E-state index in [1.54, 1.807) is 11.2 Å². The van der Waals surface area contributed by atoms with Crippen LogP contribution < -0.4 is 0 Å². The Morgan fingerprint density at radius 3 is 2.44 bits per heavy atom. The number of sulfonamides is 1. The third-order valence-corrected chi connectivity index (χ3v) is 5.94. The van der Waals surface area contributed by atoms with Crippen LogP contribution in [0.1, 0.15) is 34.1 Å². The molecule has 16 heavy (non-hydrogen) atoms. The predicted molar refractivity (Wildman–Crippen MR) is 64.6 cm³/mol. The zero-order valence-corrected chi connectivity index (χ0v) is 11.4. The first-order valence-corrected chi connectivity index (χ1v) is 7.42. The molecule has 4 atom stereocenters. The molecule has 0 bridgehead atoms. The standard InChI is InChI=1S/C11H23NO3S/c1-8-5-9(2)11(4)12(6-8)16(14,15)10(3)7-13/h8-11,13H,5-7H2,1-4H3. The highest BCUT2D eigenvalue weighted by atomic mass is 32.2. The highest BCUT2D eigenvalue weighted by Crippen LogP contribution is 2.30. The van der Waals surface area contributed by atoms with Crippen LogP contribution in [-0.2, 0) is 10.0 Å². The van der Waals surface area contributed by atoms with E-state index in [1.807, 2.05) is 6.92 Å². The Kier molecular flexibility index (Phi) is 4.37. The summed E-state index contributed by atoms with van der Waals surface area (Å²) < 4.78 is 25.9. The predicted octanol–water partition coefficient (Wildman–Crippen LogP) is 1.06. The van der Waals surface area contributed by atoms with Crippen molar-refractivity contribution < 1.29 is 13.5 Å². The second kappa shape index (κ2) is 5.02. The zero-order chi connectivity index (χ0) is 12.5. The van der Waals surface area contributed by atoms with E-state index in [0.29, 0.717) is 18.4 Å². The van der Waals surface area contributed by atoms with Crippen LogP contribution in [0.4, 0.5) is 0 Å². The first-order valence-electron chi connectivity index (χ1n) is 5.92. The SMILES string of the molecule is CC1CC(C)C(C)N(S(=O)(=O)C(C)CO)C1. The Hall–Kier alpha value is -0.130. The summed E-state index contributed by atoms with van der Waals surface area (Å²) in [5.74, 6) is 0.774. The molecule has 1 N–H and O–H groups in total. The average molecular weight is 249 g/mol. The van der Waals surface area contributed by atoms with Crippen LogP contribution >= 0.6 is 0 Å². The van der Waals surface area contributed by atoms with Crippen molar-refractivity contribution in [2.75, 3.05) is 13.2 Å². The van der Waals surface area contributed by atoms with Crippen LogP contribution in [0.3, 0.4) is 0 Å². The lowest BCUT2D eigenvalue weighted by molar-refractivity contribution is 0.154. The molecule has 1 aliphatic heterocycles. The van der Waals surface area contributed by atoms with Crippen molar-refractivity contribution in [2.24, 2.45) is 11.8 Å². The molecule has 0 saturated carbocycles. The van der Waals surface area contributed by atoms with Crippen LogP contribution in [0.25, 0.3) is 0 Å². The molecule has 4 unspecified atom stereocenters. The summed E-state index contributed by atoms with van der Waals surface area (Å²) in [4.78, 5) is 0. The van der Waals surface area contributed by atoms with E-state index in [-0.39, 0.29) is 12.6 Å². The Morgan fingerprint density at radius 1 is 1.38 bits per heavy atom.